The van der Waals surface area contributed by atoms with E-state index in [1.807, 2.05) is 0 Å². The molecule has 0 bridgehead atoms. The fourth-order valence-electron chi connectivity index (χ4n) is 3.53. The number of esters is 2. The molecule has 0 aliphatic heterocycles. The number of carboxylic acids is 2. The Bertz CT molecular complexity index is 1290. The minimum atomic E-state index is -1.36. The lowest BCUT2D eigenvalue weighted by molar-refractivity contribution is 0.0389. The summed E-state index contributed by atoms with van der Waals surface area (Å²) in [6.07, 6.45) is 0. The van der Waals surface area contributed by atoms with Gasteiger partial charge in [0.2, 0.25) is 0 Å². The molecule has 4 rings (SSSR count). The molecule has 0 saturated heterocycles. The third kappa shape index (κ3) is 3.49. The van der Waals surface area contributed by atoms with E-state index < -0.39 is 23.9 Å². The van der Waals surface area contributed by atoms with Crippen molar-refractivity contribution in [1.82, 2.24) is 0 Å². The molecule has 0 radical (unpaired) electrons. The Hall–Kier alpha value is -4.52. The average molecular weight is 414 g/mol. The lowest BCUT2D eigenvalue weighted by atomic mass is 9.98. The first-order chi connectivity index (χ1) is 14.9. The summed E-state index contributed by atoms with van der Waals surface area (Å²) in [5.74, 6) is -5.07. The number of aromatic carboxylic acids is 2. The van der Waals surface area contributed by atoms with Gasteiger partial charge in [0.05, 0.1) is 22.3 Å². The van der Waals surface area contributed by atoms with E-state index in [0.717, 1.165) is 0 Å². The zero-order valence-electron chi connectivity index (χ0n) is 15.9. The van der Waals surface area contributed by atoms with Crippen molar-refractivity contribution in [2.24, 2.45) is 0 Å². The van der Waals surface area contributed by atoms with Crippen LogP contribution in [0.2, 0.25) is 0 Å². The van der Waals surface area contributed by atoms with Gasteiger partial charge in [-0.05, 0) is 33.7 Å². The third-order valence-corrected chi connectivity index (χ3v) is 4.91. The lowest BCUT2D eigenvalue weighted by Crippen LogP contribution is -2.19. The van der Waals surface area contributed by atoms with E-state index in [4.69, 9.17) is 4.74 Å². The molecule has 0 atom stereocenters. The number of fused-ring (bicyclic) bond motifs is 2. The predicted octanol–water partition coefficient (Wildman–Crippen LogP) is 4.39. The van der Waals surface area contributed by atoms with Crippen molar-refractivity contribution < 1.29 is 34.1 Å². The third-order valence-electron chi connectivity index (χ3n) is 4.91. The van der Waals surface area contributed by atoms with Crippen LogP contribution < -0.4 is 0 Å². The van der Waals surface area contributed by atoms with Crippen molar-refractivity contribution in [3.8, 4) is 0 Å². The van der Waals surface area contributed by atoms with E-state index in [-0.39, 0.29) is 22.3 Å². The van der Waals surface area contributed by atoms with Crippen molar-refractivity contribution in [2.75, 3.05) is 0 Å². The van der Waals surface area contributed by atoms with Crippen LogP contribution in [-0.2, 0) is 4.74 Å². The van der Waals surface area contributed by atoms with Gasteiger partial charge < -0.3 is 14.9 Å². The van der Waals surface area contributed by atoms with Gasteiger partial charge in [0.15, 0.2) is 0 Å². The fraction of sp³-hybridized carbons (Fsp3) is 0. The summed E-state index contributed by atoms with van der Waals surface area (Å²) in [4.78, 5) is 49.2. The van der Waals surface area contributed by atoms with Crippen LogP contribution in [0.25, 0.3) is 21.5 Å². The molecule has 0 aliphatic rings. The number of carbonyl (C=O) groups excluding carboxylic acids is 2. The van der Waals surface area contributed by atoms with E-state index in [1.54, 1.807) is 60.7 Å². The Kier molecular flexibility index (Phi) is 4.92. The van der Waals surface area contributed by atoms with E-state index in [1.165, 1.54) is 12.1 Å². The van der Waals surface area contributed by atoms with Gasteiger partial charge in [-0.1, -0.05) is 60.7 Å². The number of carboxylic acid groups (broad SMARTS) is 2. The van der Waals surface area contributed by atoms with Crippen LogP contribution in [0, 0.1) is 0 Å². The summed E-state index contributed by atoms with van der Waals surface area (Å²) in [5, 5.41) is 20.8. The van der Waals surface area contributed by atoms with E-state index in [2.05, 4.69) is 0 Å². The molecule has 0 aromatic heterocycles. The first-order valence-corrected chi connectivity index (χ1v) is 9.15. The van der Waals surface area contributed by atoms with Crippen LogP contribution in [0.3, 0.4) is 0 Å². The molecule has 2 N–H and O–H groups in total. The highest BCUT2D eigenvalue weighted by molar-refractivity contribution is 6.19. The molecule has 0 heterocycles. The summed E-state index contributed by atoms with van der Waals surface area (Å²) >= 11 is 0. The molecule has 0 amide bonds. The van der Waals surface area contributed by atoms with Crippen molar-refractivity contribution in [2.45, 2.75) is 0 Å². The second-order valence-corrected chi connectivity index (χ2v) is 6.71. The highest BCUT2D eigenvalue weighted by Gasteiger charge is 2.27. The molecule has 0 saturated carbocycles. The van der Waals surface area contributed by atoms with Gasteiger partial charge in [-0.15, -0.1) is 0 Å². The maximum atomic E-state index is 12.9. The molecule has 152 valence electrons. The Morgan fingerprint density at radius 1 is 0.548 bits per heavy atom. The van der Waals surface area contributed by atoms with Gasteiger partial charge in [-0.2, -0.15) is 0 Å². The predicted molar refractivity (Wildman–Crippen MR) is 112 cm³/mol. The zero-order valence-corrected chi connectivity index (χ0v) is 15.9. The summed E-state index contributed by atoms with van der Waals surface area (Å²) in [6.45, 7) is 0. The molecule has 7 heteroatoms. The van der Waals surface area contributed by atoms with Crippen molar-refractivity contribution >= 4 is 45.4 Å². The maximum Gasteiger partial charge on any atom is 0.347 e. The second-order valence-electron chi connectivity index (χ2n) is 6.71. The molecule has 31 heavy (non-hydrogen) atoms. The summed E-state index contributed by atoms with van der Waals surface area (Å²) in [5.41, 5.74) is -1.21. The Balaban J connectivity index is 1.84. The monoisotopic (exact) mass is 414 g/mol. The summed E-state index contributed by atoms with van der Waals surface area (Å²) < 4.78 is 5.02. The SMILES string of the molecule is O=C(O)c1ccc2ccccc2c1C(=O)OC(=O)c1c(C(=O)O)ccc2ccccc12. The minimum Gasteiger partial charge on any atom is -0.478 e. The number of hydrogen-bond acceptors (Lipinski definition) is 5. The number of rotatable bonds is 4. The van der Waals surface area contributed by atoms with Crippen LogP contribution >= 0.6 is 0 Å². The van der Waals surface area contributed by atoms with E-state index >= 15 is 0 Å². The minimum absolute atomic E-state index is 0.281. The molecule has 4 aromatic carbocycles. The van der Waals surface area contributed by atoms with Gasteiger partial charge >= 0.3 is 23.9 Å². The van der Waals surface area contributed by atoms with Gasteiger partial charge in [0.25, 0.3) is 0 Å². The second kappa shape index (κ2) is 7.72. The lowest BCUT2D eigenvalue weighted by Gasteiger charge is -2.12. The van der Waals surface area contributed by atoms with Crippen LogP contribution in [0.5, 0.6) is 0 Å². The maximum absolute atomic E-state index is 12.9. The molecule has 0 fully saturated rings. The Morgan fingerprint density at radius 2 is 0.935 bits per heavy atom. The van der Waals surface area contributed by atoms with E-state index in [0.29, 0.717) is 21.5 Å². The molecule has 0 aliphatic carbocycles. The van der Waals surface area contributed by atoms with Crippen LogP contribution in [0.1, 0.15) is 41.4 Å². The van der Waals surface area contributed by atoms with Gasteiger partial charge in [0, 0.05) is 0 Å². The normalized spacial score (nSPS) is 10.7. The quantitative estimate of drug-likeness (QED) is 0.376. The fourth-order valence-corrected chi connectivity index (χ4v) is 3.53. The standard InChI is InChI=1S/C24H14O7/c25-21(26)17-11-9-13-5-1-3-7-15(13)19(17)23(29)31-24(30)20-16-8-4-2-6-14(16)10-12-18(20)22(27)28/h1-12H,(H,25,26)(H,27,28). The van der Waals surface area contributed by atoms with Crippen molar-refractivity contribution in [3.63, 3.8) is 0 Å². The molecule has 7 nitrogen and oxygen atoms in total. The van der Waals surface area contributed by atoms with E-state index in [9.17, 15) is 29.4 Å². The highest BCUT2D eigenvalue weighted by atomic mass is 16.6. The van der Waals surface area contributed by atoms with Gasteiger partial charge in [-0.25, -0.2) is 19.2 Å². The zero-order chi connectivity index (χ0) is 22.1. The van der Waals surface area contributed by atoms with Gasteiger partial charge in [-0.3, -0.25) is 0 Å². The van der Waals surface area contributed by atoms with Crippen molar-refractivity contribution in [3.05, 3.63) is 95.1 Å². The first kappa shape index (κ1) is 19.8. The summed E-state index contributed by atoms with van der Waals surface area (Å²) in [7, 11) is 0. The Labute approximate surface area is 175 Å². The highest BCUT2D eigenvalue weighted by Crippen LogP contribution is 2.27. The number of benzene rings is 4. The number of ether oxygens (including phenoxy) is 1. The van der Waals surface area contributed by atoms with Crippen molar-refractivity contribution in [1.29, 1.82) is 0 Å². The first-order valence-electron chi connectivity index (χ1n) is 9.15. The van der Waals surface area contributed by atoms with Crippen LogP contribution in [0.15, 0.2) is 72.8 Å². The van der Waals surface area contributed by atoms with Gasteiger partial charge in [0.1, 0.15) is 0 Å². The topological polar surface area (TPSA) is 118 Å². The smallest absolute Gasteiger partial charge is 0.347 e. The molecule has 0 unspecified atom stereocenters. The largest absolute Gasteiger partial charge is 0.478 e. The number of carbonyl (C=O) groups is 4. The van der Waals surface area contributed by atoms with Crippen LogP contribution in [0.4, 0.5) is 0 Å². The number of hydrogen-bond donors (Lipinski definition) is 2. The van der Waals surface area contributed by atoms with Crippen LogP contribution in [-0.4, -0.2) is 34.1 Å². The Morgan fingerprint density at radius 3 is 1.32 bits per heavy atom. The molecule has 4 aromatic rings. The molecule has 0 spiro atoms. The average Bonchev–Trinajstić information content (AvgIpc) is 2.77. The summed E-state index contributed by atoms with van der Waals surface area (Å²) in [6, 6.07) is 18.8. The molecular formula is C24H14O7. The molecular weight excluding hydrogens is 400 g/mol.